The molecular formula is C12H21NO5. The van der Waals surface area contributed by atoms with Gasteiger partial charge in [0.15, 0.2) is 5.54 Å². The fraction of sp³-hybridized carbons (Fsp3) is 0.833. The largest absolute Gasteiger partial charge is 0.467 e. The fourth-order valence-corrected chi connectivity index (χ4v) is 2.09. The minimum atomic E-state index is -1.38. The molecule has 18 heavy (non-hydrogen) atoms. The SMILES string of the molecule is COC(=O)[C@@]1(NC(=O)OC(C)(C)C)CCC[C@H]1O. The molecule has 0 unspecified atom stereocenters. The smallest absolute Gasteiger partial charge is 0.408 e. The molecule has 0 saturated heterocycles. The van der Waals surface area contributed by atoms with Crippen molar-refractivity contribution in [2.75, 3.05) is 7.11 Å². The maximum Gasteiger partial charge on any atom is 0.408 e. The highest BCUT2D eigenvalue weighted by Gasteiger charge is 2.51. The first-order valence-corrected chi connectivity index (χ1v) is 5.99. The van der Waals surface area contributed by atoms with E-state index in [0.29, 0.717) is 19.3 Å². The monoisotopic (exact) mass is 259 g/mol. The zero-order valence-corrected chi connectivity index (χ0v) is 11.3. The Labute approximate surface area is 107 Å². The number of amides is 1. The summed E-state index contributed by atoms with van der Waals surface area (Å²) in [5, 5.41) is 12.4. The van der Waals surface area contributed by atoms with E-state index in [4.69, 9.17) is 4.74 Å². The summed E-state index contributed by atoms with van der Waals surface area (Å²) in [5.74, 6) is -0.640. The molecule has 1 aliphatic carbocycles. The van der Waals surface area contributed by atoms with Crippen LogP contribution in [0.1, 0.15) is 40.0 Å². The van der Waals surface area contributed by atoms with Crippen molar-refractivity contribution >= 4 is 12.1 Å². The van der Waals surface area contributed by atoms with Gasteiger partial charge >= 0.3 is 12.1 Å². The number of methoxy groups -OCH3 is 1. The molecule has 0 heterocycles. The molecule has 2 N–H and O–H groups in total. The average molecular weight is 259 g/mol. The van der Waals surface area contributed by atoms with Gasteiger partial charge in [-0.15, -0.1) is 0 Å². The quantitative estimate of drug-likeness (QED) is 0.722. The summed E-state index contributed by atoms with van der Waals surface area (Å²) < 4.78 is 9.77. The molecule has 0 spiro atoms. The minimum absolute atomic E-state index is 0.347. The van der Waals surface area contributed by atoms with E-state index in [0.717, 1.165) is 0 Å². The minimum Gasteiger partial charge on any atom is -0.467 e. The van der Waals surface area contributed by atoms with Crippen LogP contribution >= 0.6 is 0 Å². The molecule has 6 nitrogen and oxygen atoms in total. The Balaban J connectivity index is 2.81. The molecule has 1 fully saturated rings. The Morgan fingerprint density at radius 3 is 2.39 bits per heavy atom. The van der Waals surface area contributed by atoms with Crippen LogP contribution in [-0.4, -0.2) is 41.5 Å². The van der Waals surface area contributed by atoms with Gasteiger partial charge in [0.05, 0.1) is 13.2 Å². The van der Waals surface area contributed by atoms with Gasteiger partial charge in [-0.1, -0.05) is 0 Å². The van der Waals surface area contributed by atoms with Crippen molar-refractivity contribution in [3.8, 4) is 0 Å². The number of hydrogen-bond donors (Lipinski definition) is 2. The van der Waals surface area contributed by atoms with Gasteiger partial charge in [-0.25, -0.2) is 9.59 Å². The second-order valence-electron chi connectivity index (χ2n) is 5.50. The predicted octanol–water partition coefficient (Wildman–Crippen LogP) is 0.968. The third kappa shape index (κ3) is 3.13. The number of alkyl carbamates (subject to hydrolysis) is 1. The van der Waals surface area contributed by atoms with Crippen LogP contribution in [0.3, 0.4) is 0 Å². The molecule has 0 aromatic rings. The number of aliphatic hydroxyl groups excluding tert-OH is 1. The van der Waals surface area contributed by atoms with Crippen LogP contribution in [0.15, 0.2) is 0 Å². The molecule has 1 rings (SSSR count). The Morgan fingerprint density at radius 1 is 1.39 bits per heavy atom. The number of nitrogens with one attached hydrogen (secondary N) is 1. The highest BCUT2D eigenvalue weighted by atomic mass is 16.6. The van der Waals surface area contributed by atoms with Gasteiger partial charge in [0.2, 0.25) is 0 Å². The van der Waals surface area contributed by atoms with E-state index in [1.807, 2.05) is 0 Å². The number of carbonyl (C=O) groups excluding carboxylic acids is 2. The summed E-state index contributed by atoms with van der Waals surface area (Å²) in [7, 11) is 1.23. The zero-order valence-electron chi connectivity index (χ0n) is 11.3. The van der Waals surface area contributed by atoms with E-state index >= 15 is 0 Å². The van der Waals surface area contributed by atoms with Crippen LogP contribution in [0.5, 0.6) is 0 Å². The molecule has 0 aromatic heterocycles. The molecular weight excluding hydrogens is 238 g/mol. The molecule has 1 aliphatic rings. The van der Waals surface area contributed by atoms with Crippen molar-refractivity contribution in [3.63, 3.8) is 0 Å². The predicted molar refractivity (Wildman–Crippen MR) is 64.0 cm³/mol. The highest BCUT2D eigenvalue weighted by molar-refractivity contribution is 5.87. The lowest BCUT2D eigenvalue weighted by molar-refractivity contribution is -0.152. The molecule has 1 amide bonds. The molecule has 6 heteroatoms. The van der Waals surface area contributed by atoms with Gasteiger partial charge in [-0.05, 0) is 40.0 Å². The van der Waals surface area contributed by atoms with Crippen LogP contribution in [0.25, 0.3) is 0 Å². The maximum absolute atomic E-state index is 11.8. The van der Waals surface area contributed by atoms with Crippen molar-refractivity contribution in [1.82, 2.24) is 5.32 Å². The van der Waals surface area contributed by atoms with Crippen LogP contribution in [0, 0.1) is 0 Å². The van der Waals surface area contributed by atoms with E-state index in [1.54, 1.807) is 20.8 Å². The second-order valence-corrected chi connectivity index (χ2v) is 5.50. The number of rotatable bonds is 2. The van der Waals surface area contributed by atoms with Crippen LogP contribution < -0.4 is 5.32 Å². The van der Waals surface area contributed by atoms with Gasteiger partial charge in [0.25, 0.3) is 0 Å². The summed E-state index contributed by atoms with van der Waals surface area (Å²) >= 11 is 0. The van der Waals surface area contributed by atoms with Crippen LogP contribution in [0.2, 0.25) is 0 Å². The second kappa shape index (κ2) is 5.14. The lowest BCUT2D eigenvalue weighted by Crippen LogP contribution is -2.60. The fourth-order valence-electron chi connectivity index (χ4n) is 2.09. The number of aliphatic hydroxyl groups is 1. The number of esters is 1. The normalized spacial score (nSPS) is 27.7. The molecule has 2 atom stereocenters. The van der Waals surface area contributed by atoms with Crippen molar-refractivity contribution in [2.45, 2.75) is 57.3 Å². The topological polar surface area (TPSA) is 84.9 Å². The van der Waals surface area contributed by atoms with E-state index in [2.05, 4.69) is 10.1 Å². The summed E-state index contributed by atoms with van der Waals surface area (Å²) in [4.78, 5) is 23.5. The van der Waals surface area contributed by atoms with E-state index in [-0.39, 0.29) is 0 Å². The third-order valence-electron chi connectivity index (χ3n) is 2.89. The molecule has 0 radical (unpaired) electrons. The van der Waals surface area contributed by atoms with Gasteiger partial charge in [0.1, 0.15) is 5.60 Å². The summed E-state index contributed by atoms with van der Waals surface area (Å²) in [6.45, 7) is 5.17. The Morgan fingerprint density at radius 2 is 2.00 bits per heavy atom. The van der Waals surface area contributed by atoms with Gasteiger partial charge in [0, 0.05) is 0 Å². The summed E-state index contributed by atoms with van der Waals surface area (Å²) in [6.07, 6.45) is -0.233. The number of carbonyl (C=O) groups is 2. The van der Waals surface area contributed by atoms with Gasteiger partial charge in [-0.3, -0.25) is 0 Å². The van der Waals surface area contributed by atoms with E-state index < -0.39 is 29.3 Å². The lowest BCUT2D eigenvalue weighted by atomic mass is 9.95. The first-order chi connectivity index (χ1) is 8.21. The van der Waals surface area contributed by atoms with Crippen LogP contribution in [-0.2, 0) is 14.3 Å². The first-order valence-electron chi connectivity index (χ1n) is 5.99. The van der Waals surface area contributed by atoms with E-state index in [1.165, 1.54) is 7.11 Å². The van der Waals surface area contributed by atoms with Crippen molar-refractivity contribution in [2.24, 2.45) is 0 Å². The van der Waals surface area contributed by atoms with Crippen molar-refractivity contribution < 1.29 is 24.2 Å². The van der Waals surface area contributed by atoms with Crippen molar-refractivity contribution in [1.29, 1.82) is 0 Å². The standard InChI is InChI=1S/C12H21NO5/c1-11(2,3)18-10(16)13-12(9(15)17-4)7-5-6-8(12)14/h8,14H,5-7H2,1-4H3,(H,13,16)/t8-,12-/m1/s1. The summed E-state index contributed by atoms with van der Waals surface area (Å²) in [5.41, 5.74) is -2.04. The maximum atomic E-state index is 11.8. The lowest BCUT2D eigenvalue weighted by Gasteiger charge is -2.31. The summed E-state index contributed by atoms with van der Waals surface area (Å²) in [6, 6.07) is 0. The first kappa shape index (κ1) is 14.8. The molecule has 0 bridgehead atoms. The Kier molecular flexibility index (Phi) is 4.21. The number of ether oxygens (including phenoxy) is 2. The van der Waals surface area contributed by atoms with Gasteiger partial charge in [-0.2, -0.15) is 0 Å². The number of hydrogen-bond acceptors (Lipinski definition) is 5. The molecule has 0 aromatic carbocycles. The Bertz CT molecular complexity index is 336. The van der Waals surface area contributed by atoms with Crippen molar-refractivity contribution in [3.05, 3.63) is 0 Å². The van der Waals surface area contributed by atoms with Gasteiger partial charge < -0.3 is 19.9 Å². The molecule has 0 aliphatic heterocycles. The molecule has 104 valence electrons. The molecule has 1 saturated carbocycles. The zero-order chi connectivity index (χ0) is 14.0. The average Bonchev–Trinajstić information content (AvgIpc) is 2.57. The Hall–Kier alpha value is -1.30. The van der Waals surface area contributed by atoms with Crippen LogP contribution in [0.4, 0.5) is 4.79 Å². The van der Waals surface area contributed by atoms with E-state index in [9.17, 15) is 14.7 Å². The highest BCUT2D eigenvalue weighted by Crippen LogP contribution is 2.31. The third-order valence-corrected chi connectivity index (χ3v) is 2.89.